The molecule has 1 amide bonds. The van der Waals surface area contributed by atoms with E-state index in [4.69, 9.17) is 9.47 Å². The Hall–Kier alpha value is -3.16. The van der Waals surface area contributed by atoms with Gasteiger partial charge in [-0.2, -0.15) is 4.99 Å². The average molecular weight is 525 g/mol. The van der Waals surface area contributed by atoms with Gasteiger partial charge in [0.1, 0.15) is 0 Å². The molecule has 0 unspecified atom stereocenters. The fraction of sp³-hybridized carbons (Fsp3) is 0.154. The van der Waals surface area contributed by atoms with Crippen LogP contribution < -0.4 is 14.3 Å². The van der Waals surface area contributed by atoms with Crippen LogP contribution in [0.25, 0.3) is 11.3 Å². The van der Waals surface area contributed by atoms with E-state index in [0.717, 1.165) is 23.2 Å². The van der Waals surface area contributed by atoms with Gasteiger partial charge in [0.05, 0.1) is 19.9 Å². The number of ether oxygens (including phenoxy) is 2. The Balaban J connectivity index is 0.00000306. The maximum Gasteiger partial charge on any atom is 0.279 e. The Bertz CT molecular complexity index is 1270. The Morgan fingerprint density at radius 2 is 1.58 bits per heavy atom. The van der Waals surface area contributed by atoms with Crippen LogP contribution in [0, 0.1) is 0 Å². The number of carbonyl (C=O) groups excluding carboxylic acids is 1. The van der Waals surface area contributed by atoms with Gasteiger partial charge in [-0.1, -0.05) is 54.6 Å². The maximum absolute atomic E-state index is 12.7. The number of nitrogens with zero attached hydrogens (tertiary/aromatic N) is 2. The van der Waals surface area contributed by atoms with Gasteiger partial charge in [0, 0.05) is 17.5 Å². The molecule has 33 heavy (non-hydrogen) atoms. The first-order chi connectivity index (χ1) is 15.7. The normalized spacial score (nSPS) is 11.0. The van der Waals surface area contributed by atoms with Crippen LogP contribution in [0.1, 0.15) is 15.9 Å². The standard InChI is InChI=1S/C26H24N2O3S.BrH/c1-30-23-14-13-19(17-24(23)31-2)15-16-28-22(20-9-5-3-6-10-20)18-32-26(28)27-25(29)21-11-7-4-8-12-21;/h3-14,17-18H,15-16H2,1-2H3;1H. The quantitative estimate of drug-likeness (QED) is 0.307. The molecule has 5 nitrogen and oxygen atoms in total. The van der Waals surface area contributed by atoms with E-state index in [-0.39, 0.29) is 22.9 Å². The van der Waals surface area contributed by atoms with Crippen molar-refractivity contribution in [3.8, 4) is 22.8 Å². The fourth-order valence-corrected chi connectivity index (χ4v) is 4.42. The van der Waals surface area contributed by atoms with Crippen molar-refractivity contribution in [2.24, 2.45) is 4.99 Å². The predicted molar refractivity (Wildman–Crippen MR) is 138 cm³/mol. The number of halogens is 1. The molecule has 0 atom stereocenters. The summed E-state index contributed by atoms with van der Waals surface area (Å²) in [6, 6.07) is 25.2. The molecule has 0 aliphatic heterocycles. The zero-order valence-electron chi connectivity index (χ0n) is 18.4. The lowest BCUT2D eigenvalue weighted by Crippen LogP contribution is -2.19. The molecule has 170 valence electrons. The summed E-state index contributed by atoms with van der Waals surface area (Å²) in [5, 5.41) is 2.06. The molecule has 4 aromatic rings. The minimum absolute atomic E-state index is 0. The number of methoxy groups -OCH3 is 2. The summed E-state index contributed by atoms with van der Waals surface area (Å²) < 4.78 is 12.9. The van der Waals surface area contributed by atoms with Crippen LogP contribution in [0.4, 0.5) is 0 Å². The van der Waals surface area contributed by atoms with E-state index in [1.54, 1.807) is 26.4 Å². The molecule has 0 spiro atoms. The van der Waals surface area contributed by atoms with Crippen molar-refractivity contribution < 1.29 is 14.3 Å². The first kappa shape index (κ1) is 24.5. The monoisotopic (exact) mass is 524 g/mol. The molecule has 0 saturated heterocycles. The van der Waals surface area contributed by atoms with Crippen LogP contribution in [0.2, 0.25) is 0 Å². The van der Waals surface area contributed by atoms with E-state index in [2.05, 4.69) is 27.1 Å². The number of hydrogen-bond acceptors (Lipinski definition) is 4. The molecule has 0 fully saturated rings. The third-order valence-electron chi connectivity index (χ3n) is 5.16. The Kier molecular flexibility index (Phi) is 8.63. The second kappa shape index (κ2) is 11.6. The van der Waals surface area contributed by atoms with Gasteiger partial charge in [-0.3, -0.25) is 4.79 Å². The number of hydrogen-bond donors (Lipinski definition) is 0. The number of rotatable bonds is 7. The topological polar surface area (TPSA) is 52.8 Å². The molecule has 0 aliphatic rings. The fourth-order valence-electron chi connectivity index (χ4n) is 3.48. The Labute approximate surface area is 207 Å². The van der Waals surface area contributed by atoms with Crippen molar-refractivity contribution in [2.45, 2.75) is 13.0 Å². The number of aryl methyl sites for hydroxylation is 1. The zero-order valence-corrected chi connectivity index (χ0v) is 21.0. The van der Waals surface area contributed by atoms with Crippen molar-refractivity contribution >= 4 is 34.2 Å². The smallest absolute Gasteiger partial charge is 0.279 e. The van der Waals surface area contributed by atoms with Crippen LogP contribution in [-0.4, -0.2) is 24.7 Å². The van der Waals surface area contributed by atoms with Crippen LogP contribution in [0.3, 0.4) is 0 Å². The van der Waals surface area contributed by atoms with Crippen molar-refractivity contribution in [3.63, 3.8) is 0 Å². The van der Waals surface area contributed by atoms with Gasteiger partial charge >= 0.3 is 0 Å². The van der Waals surface area contributed by atoms with Gasteiger partial charge in [0.2, 0.25) is 0 Å². The summed E-state index contributed by atoms with van der Waals surface area (Å²) in [5.74, 6) is 1.16. The van der Waals surface area contributed by atoms with Gasteiger partial charge in [0.25, 0.3) is 5.91 Å². The minimum atomic E-state index is -0.244. The SMILES string of the molecule is Br.COc1ccc(CCn2c(-c3ccccc3)csc2=NC(=O)c2ccccc2)cc1OC. The Morgan fingerprint density at radius 1 is 0.909 bits per heavy atom. The molecule has 3 aromatic carbocycles. The number of amides is 1. The first-order valence-electron chi connectivity index (χ1n) is 10.3. The second-order valence-corrected chi connectivity index (χ2v) is 7.98. The van der Waals surface area contributed by atoms with Gasteiger partial charge in [-0.05, 0) is 41.8 Å². The summed E-state index contributed by atoms with van der Waals surface area (Å²) >= 11 is 1.47. The van der Waals surface area contributed by atoms with E-state index < -0.39 is 0 Å². The molecule has 0 saturated carbocycles. The highest BCUT2D eigenvalue weighted by molar-refractivity contribution is 8.93. The molecule has 0 bridgehead atoms. The Morgan fingerprint density at radius 3 is 2.24 bits per heavy atom. The van der Waals surface area contributed by atoms with E-state index in [9.17, 15) is 4.79 Å². The summed E-state index contributed by atoms with van der Waals surface area (Å²) in [6.45, 7) is 0.671. The van der Waals surface area contributed by atoms with E-state index >= 15 is 0 Å². The highest BCUT2D eigenvalue weighted by Crippen LogP contribution is 2.28. The van der Waals surface area contributed by atoms with Gasteiger partial charge in [-0.15, -0.1) is 28.3 Å². The molecule has 1 heterocycles. The highest BCUT2D eigenvalue weighted by atomic mass is 79.9. The van der Waals surface area contributed by atoms with Crippen LogP contribution in [-0.2, 0) is 13.0 Å². The molecule has 0 radical (unpaired) electrons. The third-order valence-corrected chi connectivity index (χ3v) is 6.02. The van der Waals surface area contributed by atoms with Crippen molar-refractivity contribution in [1.82, 2.24) is 4.57 Å². The number of carbonyl (C=O) groups is 1. The van der Waals surface area contributed by atoms with E-state index in [1.165, 1.54) is 11.3 Å². The lowest BCUT2D eigenvalue weighted by atomic mass is 10.1. The number of benzene rings is 3. The van der Waals surface area contributed by atoms with Crippen LogP contribution >= 0.6 is 28.3 Å². The van der Waals surface area contributed by atoms with Crippen molar-refractivity contribution in [1.29, 1.82) is 0 Å². The van der Waals surface area contributed by atoms with Gasteiger partial charge in [-0.25, -0.2) is 0 Å². The number of aromatic nitrogens is 1. The predicted octanol–water partition coefficient (Wildman–Crippen LogP) is 5.80. The first-order valence-corrected chi connectivity index (χ1v) is 11.2. The van der Waals surface area contributed by atoms with Crippen LogP contribution in [0.5, 0.6) is 11.5 Å². The summed E-state index contributed by atoms with van der Waals surface area (Å²) in [4.78, 5) is 17.9. The van der Waals surface area contributed by atoms with E-state index in [1.807, 2.05) is 54.6 Å². The van der Waals surface area contributed by atoms with E-state index in [0.29, 0.717) is 28.4 Å². The maximum atomic E-state index is 12.7. The molecular weight excluding hydrogens is 500 g/mol. The average Bonchev–Trinajstić information content (AvgIpc) is 3.25. The summed E-state index contributed by atoms with van der Waals surface area (Å²) in [7, 11) is 3.26. The molecule has 0 aliphatic carbocycles. The molecular formula is C26H25BrN2O3S. The second-order valence-electron chi connectivity index (χ2n) is 7.14. The molecule has 7 heteroatoms. The molecule has 1 aromatic heterocycles. The van der Waals surface area contributed by atoms with Gasteiger partial charge < -0.3 is 14.0 Å². The van der Waals surface area contributed by atoms with Crippen molar-refractivity contribution in [2.75, 3.05) is 14.2 Å². The van der Waals surface area contributed by atoms with Gasteiger partial charge in [0.15, 0.2) is 16.3 Å². The van der Waals surface area contributed by atoms with Crippen molar-refractivity contribution in [3.05, 3.63) is 100 Å². The summed E-state index contributed by atoms with van der Waals surface area (Å²) in [6.07, 6.45) is 0.754. The van der Waals surface area contributed by atoms with Crippen LogP contribution in [0.15, 0.2) is 89.2 Å². The largest absolute Gasteiger partial charge is 0.493 e. The molecule has 0 N–H and O–H groups in total. The number of thiazole rings is 1. The zero-order chi connectivity index (χ0) is 22.3. The lowest BCUT2D eigenvalue weighted by molar-refractivity contribution is 0.0998. The lowest BCUT2D eigenvalue weighted by Gasteiger charge is -2.12. The summed E-state index contributed by atoms with van der Waals surface area (Å²) in [5.41, 5.74) is 3.81. The minimum Gasteiger partial charge on any atom is -0.493 e. The highest BCUT2D eigenvalue weighted by Gasteiger charge is 2.11. The molecule has 4 rings (SSSR count). The third kappa shape index (κ3) is 5.80.